The first-order valence-electron chi connectivity index (χ1n) is 7.66. The number of hydrogen-bond donors (Lipinski definition) is 2. The van der Waals surface area contributed by atoms with E-state index in [0.29, 0.717) is 13.7 Å². The Kier molecular flexibility index (Phi) is 7.83. The van der Waals surface area contributed by atoms with Gasteiger partial charge in [0.15, 0.2) is 0 Å². The second-order valence-corrected chi connectivity index (χ2v) is 8.45. The lowest BCUT2D eigenvalue weighted by Crippen LogP contribution is -2.56. The van der Waals surface area contributed by atoms with Crippen molar-refractivity contribution in [3.05, 3.63) is 31.5 Å². The van der Waals surface area contributed by atoms with E-state index in [1.807, 2.05) is 0 Å². The summed E-state index contributed by atoms with van der Waals surface area (Å²) in [5.74, 6) is -2.99. The molecule has 1 heterocycles. The van der Waals surface area contributed by atoms with Crippen molar-refractivity contribution in [3.63, 3.8) is 0 Å². The lowest BCUT2D eigenvalue weighted by Gasteiger charge is -2.24. The van der Waals surface area contributed by atoms with Crippen molar-refractivity contribution < 1.29 is 33.1 Å². The standard InChI is InChI=1S/C13H21N3O10Si/c1-24-27(25-2,26-3)6-4-5-14-11(21)15(7-9(17)18)13(23)16(12(14)22)8-10(19)20/h4-8H2,1-3H3,(H,17,18)(H,19,20). The third-order valence-electron chi connectivity index (χ3n) is 3.77. The first kappa shape index (κ1) is 22.5. The maximum absolute atomic E-state index is 12.4. The zero-order valence-electron chi connectivity index (χ0n) is 15.0. The average Bonchev–Trinajstić information content (AvgIpc) is 2.62. The molecule has 27 heavy (non-hydrogen) atoms. The normalized spacial score (nSPS) is 11.5. The Morgan fingerprint density at radius 1 is 0.815 bits per heavy atom. The molecule has 0 spiro atoms. The summed E-state index contributed by atoms with van der Waals surface area (Å²) in [6.45, 7) is -2.24. The Balaban J connectivity index is 3.35. The number of aromatic nitrogens is 3. The van der Waals surface area contributed by atoms with E-state index in [4.69, 9.17) is 23.5 Å². The molecule has 0 saturated heterocycles. The minimum Gasteiger partial charge on any atom is -0.480 e. The van der Waals surface area contributed by atoms with Gasteiger partial charge in [-0.25, -0.2) is 28.1 Å². The van der Waals surface area contributed by atoms with Crippen molar-refractivity contribution in [3.8, 4) is 0 Å². The van der Waals surface area contributed by atoms with Crippen LogP contribution >= 0.6 is 0 Å². The highest BCUT2D eigenvalue weighted by atomic mass is 28.4. The Bertz CT molecular complexity index is 804. The van der Waals surface area contributed by atoms with Crippen LogP contribution in [0.5, 0.6) is 0 Å². The largest absolute Gasteiger partial charge is 0.500 e. The predicted octanol–water partition coefficient (Wildman–Crippen LogP) is -2.39. The van der Waals surface area contributed by atoms with Crippen LogP contribution in [0.3, 0.4) is 0 Å². The van der Waals surface area contributed by atoms with Gasteiger partial charge in [0.05, 0.1) is 0 Å². The summed E-state index contributed by atoms with van der Waals surface area (Å²) in [4.78, 5) is 58.7. The quantitative estimate of drug-likeness (QED) is 0.377. The SMILES string of the molecule is CO[Si](CCCn1c(=O)n(CC(=O)O)c(=O)n(CC(=O)O)c1=O)(OC)OC. The molecule has 0 aliphatic carbocycles. The Labute approximate surface area is 153 Å². The third kappa shape index (κ3) is 5.22. The predicted molar refractivity (Wildman–Crippen MR) is 90.7 cm³/mol. The second kappa shape index (κ2) is 9.40. The minimum atomic E-state index is -2.98. The van der Waals surface area contributed by atoms with Crippen molar-refractivity contribution in [1.82, 2.24) is 13.7 Å². The summed E-state index contributed by atoms with van der Waals surface area (Å²) >= 11 is 0. The second-order valence-electron chi connectivity index (χ2n) is 5.36. The molecule has 1 rings (SSSR count). The van der Waals surface area contributed by atoms with E-state index in [1.165, 1.54) is 21.3 Å². The van der Waals surface area contributed by atoms with E-state index in [9.17, 15) is 24.0 Å². The number of hydrogen-bond acceptors (Lipinski definition) is 8. The van der Waals surface area contributed by atoms with Gasteiger partial charge in [-0.2, -0.15) is 0 Å². The highest BCUT2D eigenvalue weighted by Crippen LogP contribution is 2.14. The fourth-order valence-electron chi connectivity index (χ4n) is 2.42. The highest BCUT2D eigenvalue weighted by molar-refractivity contribution is 6.60. The lowest BCUT2D eigenvalue weighted by molar-refractivity contribution is -0.138. The molecule has 13 nitrogen and oxygen atoms in total. The van der Waals surface area contributed by atoms with Crippen LogP contribution in [-0.4, -0.2) is 66.0 Å². The molecule has 0 amide bonds. The maximum atomic E-state index is 12.4. The van der Waals surface area contributed by atoms with Gasteiger partial charge in [0.25, 0.3) is 0 Å². The van der Waals surface area contributed by atoms with Gasteiger partial charge < -0.3 is 23.5 Å². The number of aliphatic carboxylic acids is 2. The van der Waals surface area contributed by atoms with E-state index in [2.05, 4.69) is 0 Å². The van der Waals surface area contributed by atoms with Crippen LogP contribution in [0.1, 0.15) is 6.42 Å². The molecule has 0 radical (unpaired) electrons. The van der Waals surface area contributed by atoms with E-state index in [1.54, 1.807) is 0 Å². The van der Waals surface area contributed by atoms with Gasteiger partial charge in [-0.15, -0.1) is 0 Å². The summed E-state index contributed by atoms with van der Waals surface area (Å²) in [6, 6.07) is 0.222. The van der Waals surface area contributed by atoms with Crippen LogP contribution in [0.2, 0.25) is 6.04 Å². The molecule has 2 N–H and O–H groups in total. The third-order valence-corrected chi connectivity index (χ3v) is 6.60. The van der Waals surface area contributed by atoms with E-state index in [0.717, 1.165) is 0 Å². The van der Waals surface area contributed by atoms with Gasteiger partial charge in [0.1, 0.15) is 13.1 Å². The van der Waals surface area contributed by atoms with Gasteiger partial charge in [-0.1, -0.05) is 0 Å². The van der Waals surface area contributed by atoms with Crippen molar-refractivity contribution in [2.24, 2.45) is 0 Å². The average molecular weight is 407 g/mol. The first-order chi connectivity index (χ1) is 12.6. The molecule has 0 aliphatic rings. The highest BCUT2D eigenvalue weighted by Gasteiger charge is 2.37. The Morgan fingerprint density at radius 2 is 1.19 bits per heavy atom. The van der Waals surface area contributed by atoms with Gasteiger partial charge >= 0.3 is 37.8 Å². The molecule has 0 unspecified atom stereocenters. The number of carboxylic acids is 2. The van der Waals surface area contributed by atoms with Crippen molar-refractivity contribution >= 4 is 20.7 Å². The summed E-state index contributed by atoms with van der Waals surface area (Å²) in [5, 5.41) is 17.7. The fourth-order valence-corrected chi connectivity index (χ4v) is 4.13. The summed E-state index contributed by atoms with van der Waals surface area (Å²) in [5.41, 5.74) is -3.59. The smallest absolute Gasteiger partial charge is 0.480 e. The molecule has 0 fully saturated rings. The summed E-state index contributed by atoms with van der Waals surface area (Å²) < 4.78 is 16.8. The van der Waals surface area contributed by atoms with Crippen molar-refractivity contribution in [2.75, 3.05) is 21.3 Å². The fraction of sp³-hybridized carbons (Fsp3) is 0.615. The summed E-state index contributed by atoms with van der Waals surface area (Å²) in [6.07, 6.45) is 0.162. The van der Waals surface area contributed by atoms with Crippen molar-refractivity contribution in [2.45, 2.75) is 32.1 Å². The molecule has 0 aromatic carbocycles. The van der Waals surface area contributed by atoms with Gasteiger partial charge in [0.2, 0.25) is 0 Å². The van der Waals surface area contributed by atoms with Gasteiger partial charge in [0, 0.05) is 33.9 Å². The number of nitrogens with zero attached hydrogens (tertiary/aromatic N) is 3. The summed E-state index contributed by atoms with van der Waals surface area (Å²) in [7, 11) is 1.18. The molecule has 152 valence electrons. The van der Waals surface area contributed by atoms with Gasteiger partial charge in [-0.05, 0) is 6.42 Å². The zero-order chi connectivity index (χ0) is 20.8. The Morgan fingerprint density at radius 3 is 1.52 bits per heavy atom. The number of carboxylic acid groups (broad SMARTS) is 2. The first-order valence-corrected chi connectivity index (χ1v) is 9.59. The van der Waals surface area contributed by atoms with Crippen LogP contribution in [0.25, 0.3) is 0 Å². The monoisotopic (exact) mass is 407 g/mol. The van der Waals surface area contributed by atoms with Crippen LogP contribution in [-0.2, 0) is 42.5 Å². The molecule has 0 atom stereocenters. The van der Waals surface area contributed by atoms with E-state index in [-0.39, 0.29) is 19.0 Å². The number of rotatable bonds is 11. The van der Waals surface area contributed by atoms with Crippen LogP contribution < -0.4 is 17.1 Å². The zero-order valence-corrected chi connectivity index (χ0v) is 16.0. The topological polar surface area (TPSA) is 168 Å². The molecule has 1 aromatic rings. The molecular weight excluding hydrogens is 386 g/mol. The number of carbonyl (C=O) groups is 2. The molecule has 0 bridgehead atoms. The lowest BCUT2D eigenvalue weighted by atomic mass is 10.4. The molecule has 0 aliphatic heterocycles. The molecular formula is C13H21N3O10Si. The minimum absolute atomic E-state index is 0.162. The molecule has 14 heteroatoms. The molecule has 0 saturated carbocycles. The van der Waals surface area contributed by atoms with Crippen LogP contribution in [0.15, 0.2) is 14.4 Å². The maximum Gasteiger partial charge on any atom is 0.500 e. The van der Waals surface area contributed by atoms with Crippen molar-refractivity contribution in [1.29, 1.82) is 0 Å². The van der Waals surface area contributed by atoms with Gasteiger partial charge in [-0.3, -0.25) is 9.59 Å². The van der Waals surface area contributed by atoms with Crippen LogP contribution in [0.4, 0.5) is 0 Å². The van der Waals surface area contributed by atoms with Crippen LogP contribution in [0, 0.1) is 0 Å². The van der Waals surface area contributed by atoms with E-state index >= 15 is 0 Å². The molecule has 1 aromatic heterocycles. The van der Waals surface area contributed by atoms with E-state index < -0.39 is 50.9 Å². The Hall–Kier alpha value is -2.55.